The third-order valence-electron chi connectivity index (χ3n) is 0.814. The van der Waals surface area contributed by atoms with E-state index >= 15 is 0 Å². The van der Waals surface area contributed by atoms with Crippen LogP contribution in [0.2, 0.25) is 0 Å². The van der Waals surface area contributed by atoms with Gasteiger partial charge in [-0.15, -0.1) is 0 Å². The fourth-order valence-electron chi connectivity index (χ4n) is 0.344. The molecule has 0 heterocycles. The van der Waals surface area contributed by atoms with Crippen LogP contribution in [0.1, 0.15) is 0 Å². The maximum Gasteiger partial charge on any atom is 0.388 e. The summed E-state index contributed by atoms with van der Waals surface area (Å²) in [6.45, 7) is -2.39. The smallest absolute Gasteiger partial charge is 0.330 e. The summed E-state index contributed by atoms with van der Waals surface area (Å²) >= 11 is 1.11. The zero-order valence-corrected chi connectivity index (χ0v) is 7.78. The van der Waals surface area contributed by atoms with Crippen LogP contribution in [0, 0.1) is 0 Å². The first-order valence-corrected chi connectivity index (χ1v) is 5.88. The summed E-state index contributed by atoms with van der Waals surface area (Å²) in [5.74, 6) is 0.582. The molecule has 62 valence electrons. The summed E-state index contributed by atoms with van der Waals surface area (Å²) in [5, 5.41) is 0. The molecule has 0 unspecified atom stereocenters. The molecule has 0 aliphatic heterocycles. The summed E-state index contributed by atoms with van der Waals surface area (Å²) in [7, 11) is 2.71. The van der Waals surface area contributed by atoms with Gasteiger partial charge in [0.05, 0.1) is 0 Å². The highest BCUT2D eigenvalue weighted by Gasteiger charge is 2.20. The lowest BCUT2D eigenvalue weighted by Crippen LogP contribution is -2.01. The van der Waals surface area contributed by atoms with Crippen LogP contribution in [-0.2, 0) is 13.6 Å². The Balaban J connectivity index is 3.70. The quantitative estimate of drug-likeness (QED) is 0.649. The number of nitrogens with two attached hydrogens (primary N) is 1. The van der Waals surface area contributed by atoms with Gasteiger partial charge in [-0.1, -0.05) is 0 Å². The lowest BCUT2D eigenvalue weighted by Gasteiger charge is -2.10. The molecule has 6 heteroatoms. The van der Waals surface area contributed by atoms with E-state index in [4.69, 9.17) is 5.73 Å². The van der Waals surface area contributed by atoms with Gasteiger partial charge in [0.25, 0.3) is 0 Å². The Kier molecular flexibility index (Phi) is 5.39. The Labute approximate surface area is 64.7 Å². The lowest BCUT2D eigenvalue weighted by molar-refractivity contribution is 0.295. The molecule has 2 N–H and O–H groups in total. The van der Waals surface area contributed by atoms with Gasteiger partial charge in [0.2, 0.25) is 0 Å². The molecule has 0 saturated heterocycles. The maximum absolute atomic E-state index is 11.2. The molecule has 0 bridgehead atoms. The molecule has 0 rings (SSSR count). The summed E-state index contributed by atoms with van der Waals surface area (Å²) in [4.78, 5) is 0. The summed E-state index contributed by atoms with van der Waals surface area (Å²) in [6.07, 6.45) is 0. The van der Waals surface area contributed by atoms with Crippen molar-refractivity contribution in [2.75, 3.05) is 26.5 Å². The SMILES string of the molecule is COP(=O)(OC)SCCN. The van der Waals surface area contributed by atoms with E-state index in [1.54, 1.807) is 0 Å². The molecule has 0 radical (unpaired) electrons. The highest BCUT2D eigenvalue weighted by Crippen LogP contribution is 2.58. The molecule has 0 spiro atoms. The Morgan fingerprint density at radius 3 is 2.30 bits per heavy atom. The van der Waals surface area contributed by atoms with Crippen molar-refractivity contribution in [1.82, 2.24) is 0 Å². The van der Waals surface area contributed by atoms with Gasteiger partial charge in [-0.3, -0.25) is 0 Å². The molecule has 0 fully saturated rings. The molecule has 0 aliphatic carbocycles. The standard InChI is InChI=1S/C4H12NO3PS/c1-7-9(6,8-2)10-4-3-5/h3-5H2,1-2H3. The second-order valence-electron chi connectivity index (χ2n) is 1.43. The van der Waals surface area contributed by atoms with Crippen LogP contribution in [0.5, 0.6) is 0 Å². The average molecular weight is 185 g/mol. The maximum atomic E-state index is 11.2. The van der Waals surface area contributed by atoms with Crippen LogP contribution in [0.15, 0.2) is 0 Å². The van der Waals surface area contributed by atoms with Gasteiger partial charge >= 0.3 is 6.80 Å². The summed E-state index contributed by atoms with van der Waals surface area (Å²) in [6, 6.07) is 0. The third-order valence-corrected chi connectivity index (χ3v) is 4.83. The molecule has 4 nitrogen and oxygen atoms in total. The number of rotatable bonds is 5. The zero-order valence-electron chi connectivity index (χ0n) is 6.07. The van der Waals surface area contributed by atoms with Crippen LogP contribution in [0.3, 0.4) is 0 Å². The van der Waals surface area contributed by atoms with Crippen molar-refractivity contribution in [3.63, 3.8) is 0 Å². The van der Waals surface area contributed by atoms with E-state index in [-0.39, 0.29) is 0 Å². The molecular formula is C4H12NO3PS. The molecule has 0 aliphatic rings. The van der Waals surface area contributed by atoms with Crippen LogP contribution in [-0.4, -0.2) is 26.5 Å². The number of hydrogen-bond acceptors (Lipinski definition) is 5. The van der Waals surface area contributed by atoms with Gasteiger partial charge in [0, 0.05) is 26.5 Å². The first-order valence-electron chi connectivity index (χ1n) is 2.74. The fourth-order valence-corrected chi connectivity index (χ4v) is 2.65. The average Bonchev–Trinajstić information content (AvgIpc) is 2.00. The monoisotopic (exact) mass is 185 g/mol. The van der Waals surface area contributed by atoms with E-state index in [0.29, 0.717) is 12.3 Å². The van der Waals surface area contributed by atoms with E-state index in [2.05, 4.69) is 9.05 Å². The van der Waals surface area contributed by atoms with E-state index < -0.39 is 6.80 Å². The van der Waals surface area contributed by atoms with Gasteiger partial charge in [-0.2, -0.15) is 0 Å². The first kappa shape index (κ1) is 10.5. The summed E-state index contributed by atoms with van der Waals surface area (Å²) in [5.41, 5.74) is 5.19. The number of hydrogen-bond donors (Lipinski definition) is 1. The largest absolute Gasteiger partial charge is 0.388 e. The van der Waals surface area contributed by atoms with Crippen LogP contribution < -0.4 is 5.73 Å². The minimum atomic E-state index is -2.86. The second-order valence-corrected chi connectivity index (χ2v) is 5.84. The Hall–Kier alpha value is 0.460. The summed E-state index contributed by atoms with van der Waals surface area (Å²) < 4.78 is 20.4. The molecule has 0 aromatic carbocycles. The van der Waals surface area contributed by atoms with Crippen molar-refractivity contribution in [3.8, 4) is 0 Å². The van der Waals surface area contributed by atoms with Crippen LogP contribution in [0.25, 0.3) is 0 Å². The minimum absolute atomic E-state index is 0.474. The molecule has 0 aromatic rings. The Morgan fingerprint density at radius 1 is 1.50 bits per heavy atom. The molecular weight excluding hydrogens is 173 g/mol. The van der Waals surface area contributed by atoms with Crippen molar-refractivity contribution in [1.29, 1.82) is 0 Å². The van der Waals surface area contributed by atoms with Gasteiger partial charge < -0.3 is 14.8 Å². The van der Waals surface area contributed by atoms with E-state index in [9.17, 15) is 4.57 Å². The van der Waals surface area contributed by atoms with Crippen molar-refractivity contribution < 1.29 is 13.6 Å². The van der Waals surface area contributed by atoms with Gasteiger partial charge in [-0.25, -0.2) is 4.57 Å². The normalized spacial score (nSPS) is 11.9. The molecule has 0 saturated carbocycles. The van der Waals surface area contributed by atoms with E-state index in [0.717, 1.165) is 11.4 Å². The van der Waals surface area contributed by atoms with Crippen molar-refractivity contribution in [2.45, 2.75) is 0 Å². The van der Waals surface area contributed by atoms with Crippen LogP contribution in [0.4, 0.5) is 0 Å². The van der Waals surface area contributed by atoms with Crippen molar-refractivity contribution in [2.24, 2.45) is 5.73 Å². The predicted octanol–water partition coefficient (Wildman–Crippen LogP) is 1.08. The minimum Gasteiger partial charge on any atom is -0.330 e. The van der Waals surface area contributed by atoms with Gasteiger partial charge in [0.1, 0.15) is 0 Å². The predicted molar refractivity (Wildman–Crippen MR) is 43.1 cm³/mol. The van der Waals surface area contributed by atoms with Gasteiger partial charge in [0.15, 0.2) is 0 Å². The van der Waals surface area contributed by atoms with E-state index in [1.165, 1.54) is 14.2 Å². The van der Waals surface area contributed by atoms with Crippen molar-refractivity contribution in [3.05, 3.63) is 0 Å². The van der Waals surface area contributed by atoms with E-state index in [1.807, 2.05) is 0 Å². The Bertz CT molecular complexity index is 124. The fraction of sp³-hybridized carbons (Fsp3) is 1.00. The first-order chi connectivity index (χ1) is 4.68. The zero-order chi connectivity index (χ0) is 8.04. The molecule has 0 atom stereocenters. The molecule has 10 heavy (non-hydrogen) atoms. The molecule has 0 amide bonds. The van der Waals surface area contributed by atoms with Crippen LogP contribution >= 0.6 is 18.2 Å². The molecule has 0 aromatic heterocycles. The van der Waals surface area contributed by atoms with Gasteiger partial charge in [-0.05, 0) is 11.4 Å². The second kappa shape index (κ2) is 5.16. The van der Waals surface area contributed by atoms with Crippen molar-refractivity contribution >= 4 is 18.2 Å². The lowest BCUT2D eigenvalue weighted by atomic mass is 10.8. The third kappa shape index (κ3) is 3.58. The highest BCUT2D eigenvalue weighted by molar-refractivity contribution is 8.55. The highest BCUT2D eigenvalue weighted by atomic mass is 32.7. The Morgan fingerprint density at radius 2 is 2.00 bits per heavy atom. The topological polar surface area (TPSA) is 61.5 Å².